The van der Waals surface area contributed by atoms with Gasteiger partial charge in [-0.25, -0.2) is 0 Å². The fourth-order valence-corrected chi connectivity index (χ4v) is 3.24. The van der Waals surface area contributed by atoms with E-state index in [9.17, 15) is 14.4 Å². The molecule has 0 unspecified atom stereocenters. The van der Waals surface area contributed by atoms with Gasteiger partial charge in [-0.2, -0.15) is 0 Å². The maximum absolute atomic E-state index is 12.0. The van der Waals surface area contributed by atoms with Crippen LogP contribution < -0.4 is 5.32 Å². The highest BCUT2D eigenvalue weighted by molar-refractivity contribution is 7.18. The van der Waals surface area contributed by atoms with Crippen LogP contribution in [-0.2, 0) is 20.7 Å². The lowest BCUT2D eigenvalue weighted by molar-refractivity contribution is -0.154. The summed E-state index contributed by atoms with van der Waals surface area (Å²) in [5.74, 6) is -1.10. The van der Waals surface area contributed by atoms with E-state index in [1.807, 2.05) is 30.3 Å². The molecule has 0 fully saturated rings. The van der Waals surface area contributed by atoms with E-state index in [0.717, 1.165) is 5.56 Å². The summed E-state index contributed by atoms with van der Waals surface area (Å²) in [7, 11) is 0. The minimum atomic E-state index is -0.899. The van der Waals surface area contributed by atoms with Gasteiger partial charge < -0.3 is 10.1 Å². The highest BCUT2D eigenvalue weighted by atomic mass is 35.5. The van der Waals surface area contributed by atoms with Crippen molar-refractivity contribution in [3.8, 4) is 0 Å². The monoisotopic (exact) mass is 393 g/mol. The maximum Gasteiger partial charge on any atom is 0.307 e. The molecule has 2 rings (SSSR count). The van der Waals surface area contributed by atoms with Crippen molar-refractivity contribution in [3.05, 3.63) is 57.2 Å². The molecular formula is C19H20ClNO4S. The molecule has 0 saturated carbocycles. The molecule has 1 amide bonds. The zero-order chi connectivity index (χ0) is 18.9. The fraction of sp³-hybridized carbons (Fsp3) is 0.316. The largest absolute Gasteiger partial charge is 0.453 e. The third kappa shape index (κ3) is 6.61. The molecule has 1 atom stereocenters. The number of esters is 1. The first-order valence-corrected chi connectivity index (χ1v) is 9.45. The highest BCUT2D eigenvalue weighted by Crippen LogP contribution is 2.23. The van der Waals surface area contributed by atoms with Crippen molar-refractivity contribution >= 4 is 40.6 Å². The summed E-state index contributed by atoms with van der Waals surface area (Å²) in [5, 5.41) is 2.73. The van der Waals surface area contributed by atoms with Gasteiger partial charge in [-0.05, 0) is 31.0 Å². The van der Waals surface area contributed by atoms with Crippen molar-refractivity contribution in [1.82, 2.24) is 5.32 Å². The molecule has 0 radical (unpaired) electrons. The minimum absolute atomic E-state index is 0.0258. The standard InChI is InChI=1S/C19H20ClNO4S/c1-13(19(24)21-12-11-14-5-3-2-4-6-14)25-18(23)10-7-15(22)16-8-9-17(20)26-16/h2-6,8-9,13H,7,10-12H2,1H3,(H,21,24)/t13-/m0/s1. The Hall–Kier alpha value is -2.18. The van der Waals surface area contributed by atoms with Gasteiger partial charge in [-0.1, -0.05) is 41.9 Å². The van der Waals surface area contributed by atoms with E-state index in [-0.39, 0.29) is 24.5 Å². The molecule has 1 heterocycles. The number of thiophene rings is 1. The van der Waals surface area contributed by atoms with Gasteiger partial charge in [0.15, 0.2) is 11.9 Å². The van der Waals surface area contributed by atoms with E-state index < -0.39 is 12.1 Å². The lowest BCUT2D eigenvalue weighted by Gasteiger charge is -2.13. The Morgan fingerprint density at radius 1 is 1.12 bits per heavy atom. The molecule has 1 aromatic heterocycles. The number of hydrogen-bond acceptors (Lipinski definition) is 5. The van der Waals surface area contributed by atoms with Crippen LogP contribution in [0.2, 0.25) is 4.34 Å². The van der Waals surface area contributed by atoms with Gasteiger partial charge in [0.1, 0.15) is 0 Å². The van der Waals surface area contributed by atoms with Crippen LogP contribution in [0.5, 0.6) is 0 Å². The number of amides is 1. The van der Waals surface area contributed by atoms with Crippen LogP contribution in [0.15, 0.2) is 42.5 Å². The van der Waals surface area contributed by atoms with Crippen molar-refractivity contribution in [3.63, 3.8) is 0 Å². The number of carbonyl (C=O) groups excluding carboxylic acids is 3. The Kier molecular flexibility index (Phi) is 7.81. The third-order valence-corrected chi connectivity index (χ3v) is 4.91. The molecule has 138 valence electrons. The third-order valence-electron chi connectivity index (χ3n) is 3.64. The Morgan fingerprint density at radius 3 is 2.50 bits per heavy atom. The highest BCUT2D eigenvalue weighted by Gasteiger charge is 2.18. The van der Waals surface area contributed by atoms with Crippen molar-refractivity contribution in [2.75, 3.05) is 6.54 Å². The predicted octanol–water partition coefficient (Wildman–Crippen LogP) is 3.66. The number of rotatable bonds is 9. The van der Waals surface area contributed by atoms with Crippen molar-refractivity contribution in [2.24, 2.45) is 0 Å². The summed E-state index contributed by atoms with van der Waals surface area (Å²) in [5.41, 5.74) is 1.12. The van der Waals surface area contributed by atoms with Gasteiger partial charge in [-0.3, -0.25) is 14.4 Å². The average molecular weight is 394 g/mol. The molecule has 5 nitrogen and oxygen atoms in total. The molecule has 0 aliphatic carbocycles. The summed E-state index contributed by atoms with van der Waals surface area (Å²) in [4.78, 5) is 36.2. The average Bonchev–Trinajstić information content (AvgIpc) is 3.07. The number of halogens is 1. The number of nitrogens with one attached hydrogen (secondary N) is 1. The molecule has 2 aromatic rings. The Balaban J connectivity index is 1.67. The van der Waals surface area contributed by atoms with Crippen molar-refractivity contribution < 1.29 is 19.1 Å². The lowest BCUT2D eigenvalue weighted by Crippen LogP contribution is -2.36. The van der Waals surface area contributed by atoms with Crippen LogP contribution in [0.1, 0.15) is 35.0 Å². The summed E-state index contributed by atoms with van der Waals surface area (Å²) >= 11 is 6.96. The molecule has 0 aliphatic heterocycles. The second kappa shape index (κ2) is 10.1. The topological polar surface area (TPSA) is 72.5 Å². The quantitative estimate of drug-likeness (QED) is 0.521. The normalized spacial score (nSPS) is 11.6. The predicted molar refractivity (Wildman–Crippen MR) is 102 cm³/mol. The summed E-state index contributed by atoms with van der Waals surface area (Å²) in [6, 6.07) is 13.0. The number of benzene rings is 1. The summed E-state index contributed by atoms with van der Waals surface area (Å²) in [6.07, 6.45) is -0.247. The molecule has 0 bridgehead atoms. The molecule has 1 N–H and O–H groups in total. The van der Waals surface area contributed by atoms with Gasteiger partial charge in [0, 0.05) is 13.0 Å². The Morgan fingerprint density at radius 2 is 1.85 bits per heavy atom. The van der Waals surface area contributed by atoms with Gasteiger partial charge in [0.25, 0.3) is 5.91 Å². The number of carbonyl (C=O) groups is 3. The van der Waals surface area contributed by atoms with Crippen molar-refractivity contribution in [2.45, 2.75) is 32.3 Å². The molecule has 0 aliphatic rings. The molecule has 26 heavy (non-hydrogen) atoms. The van der Waals surface area contributed by atoms with Gasteiger partial charge in [0.2, 0.25) is 0 Å². The van der Waals surface area contributed by atoms with E-state index >= 15 is 0 Å². The molecule has 7 heteroatoms. The Labute approximate surface area is 161 Å². The zero-order valence-corrected chi connectivity index (χ0v) is 15.9. The van der Waals surface area contributed by atoms with E-state index in [0.29, 0.717) is 22.2 Å². The number of ketones is 1. The number of hydrogen-bond donors (Lipinski definition) is 1. The maximum atomic E-state index is 12.0. The summed E-state index contributed by atoms with van der Waals surface area (Å²) in [6.45, 7) is 1.97. The molecule has 0 spiro atoms. The van der Waals surface area contributed by atoms with Crippen molar-refractivity contribution in [1.29, 1.82) is 0 Å². The summed E-state index contributed by atoms with van der Waals surface area (Å²) < 4.78 is 5.61. The second-order valence-electron chi connectivity index (χ2n) is 5.69. The first kappa shape index (κ1) is 20.1. The zero-order valence-electron chi connectivity index (χ0n) is 14.4. The van der Waals surface area contributed by atoms with Crippen LogP contribution in [0.4, 0.5) is 0 Å². The van der Waals surface area contributed by atoms with Crippen LogP contribution >= 0.6 is 22.9 Å². The van der Waals surface area contributed by atoms with E-state index in [2.05, 4.69) is 5.32 Å². The minimum Gasteiger partial charge on any atom is -0.453 e. The Bertz CT molecular complexity index is 760. The number of ether oxygens (including phenoxy) is 1. The van der Waals surface area contributed by atoms with Crippen LogP contribution in [0, 0.1) is 0 Å². The first-order valence-electron chi connectivity index (χ1n) is 8.25. The SMILES string of the molecule is C[C@H](OC(=O)CCC(=O)c1ccc(Cl)s1)C(=O)NCCc1ccccc1. The molecule has 1 aromatic carbocycles. The first-order chi connectivity index (χ1) is 12.5. The lowest BCUT2D eigenvalue weighted by atomic mass is 10.1. The van der Waals surface area contributed by atoms with Crippen LogP contribution in [0.3, 0.4) is 0 Å². The fourth-order valence-electron chi connectivity index (χ4n) is 2.23. The number of Topliss-reactive ketones (excluding diaryl/α,β-unsaturated/α-hetero) is 1. The van der Waals surface area contributed by atoms with Gasteiger partial charge in [0.05, 0.1) is 15.6 Å². The second-order valence-corrected chi connectivity index (χ2v) is 7.40. The molecular weight excluding hydrogens is 374 g/mol. The smallest absolute Gasteiger partial charge is 0.307 e. The van der Waals surface area contributed by atoms with Gasteiger partial charge in [-0.15, -0.1) is 11.3 Å². The van der Waals surface area contributed by atoms with Crippen LogP contribution in [0.25, 0.3) is 0 Å². The van der Waals surface area contributed by atoms with E-state index in [4.69, 9.17) is 16.3 Å². The van der Waals surface area contributed by atoms with E-state index in [1.54, 1.807) is 12.1 Å². The van der Waals surface area contributed by atoms with E-state index in [1.165, 1.54) is 18.3 Å². The molecule has 0 saturated heterocycles. The van der Waals surface area contributed by atoms with Crippen LogP contribution in [-0.4, -0.2) is 30.3 Å². The van der Waals surface area contributed by atoms with Gasteiger partial charge >= 0.3 is 5.97 Å².